The second-order valence-electron chi connectivity index (χ2n) is 4.30. The monoisotopic (exact) mass is 218 g/mol. The molecule has 0 unspecified atom stereocenters. The lowest BCUT2D eigenvalue weighted by Gasteiger charge is -2.13. The second kappa shape index (κ2) is 3.92. The average molecular weight is 218 g/mol. The molecule has 0 saturated carbocycles. The fourth-order valence-corrected chi connectivity index (χ4v) is 2.06. The number of aryl methyl sites for hydroxylation is 1. The summed E-state index contributed by atoms with van der Waals surface area (Å²) in [5.41, 5.74) is 2.43. The van der Waals surface area contributed by atoms with Gasteiger partial charge in [0.25, 0.3) is 0 Å². The summed E-state index contributed by atoms with van der Waals surface area (Å²) < 4.78 is 1.73. The largest absolute Gasteiger partial charge is 0.489 e. The maximum atomic E-state index is 9.48. The predicted octanol–water partition coefficient (Wildman–Crippen LogP) is 0.377. The summed E-state index contributed by atoms with van der Waals surface area (Å²) in [5, 5.41) is 23.9. The van der Waals surface area contributed by atoms with Gasteiger partial charge in [-0.25, -0.2) is 0 Å². The maximum absolute atomic E-state index is 9.48. The van der Waals surface area contributed by atoms with E-state index in [0.29, 0.717) is 5.46 Å². The minimum absolute atomic E-state index is 0.251. The molecule has 0 atom stereocenters. The Kier molecular flexibility index (Phi) is 2.74. The molecular formula is C11H15BN2O2. The van der Waals surface area contributed by atoms with E-state index in [1.807, 2.05) is 33.0 Å². The van der Waals surface area contributed by atoms with Crippen LogP contribution in [-0.4, -0.2) is 26.9 Å². The topological polar surface area (TPSA) is 58.3 Å². The van der Waals surface area contributed by atoms with Gasteiger partial charge in [0.15, 0.2) is 0 Å². The molecule has 2 rings (SSSR count). The molecule has 2 aromatic rings. The van der Waals surface area contributed by atoms with Crippen molar-refractivity contribution in [3.05, 3.63) is 23.9 Å². The van der Waals surface area contributed by atoms with Crippen molar-refractivity contribution in [3.63, 3.8) is 0 Å². The van der Waals surface area contributed by atoms with E-state index in [2.05, 4.69) is 5.10 Å². The van der Waals surface area contributed by atoms with Gasteiger partial charge in [0.05, 0.1) is 11.7 Å². The smallest absolute Gasteiger partial charge is 0.423 e. The summed E-state index contributed by atoms with van der Waals surface area (Å²) in [6, 6.07) is 3.90. The molecule has 0 aliphatic carbocycles. The molecule has 0 radical (unpaired) electrons. The Morgan fingerprint density at radius 3 is 2.56 bits per heavy atom. The van der Waals surface area contributed by atoms with Crippen LogP contribution in [0, 0.1) is 0 Å². The Morgan fingerprint density at radius 2 is 2.00 bits per heavy atom. The van der Waals surface area contributed by atoms with E-state index >= 15 is 0 Å². The van der Waals surface area contributed by atoms with E-state index in [1.54, 1.807) is 10.9 Å². The van der Waals surface area contributed by atoms with Gasteiger partial charge in [0.1, 0.15) is 0 Å². The first-order chi connectivity index (χ1) is 7.52. The van der Waals surface area contributed by atoms with E-state index in [0.717, 1.165) is 16.5 Å². The zero-order valence-electron chi connectivity index (χ0n) is 9.68. The summed E-state index contributed by atoms with van der Waals surface area (Å²) in [6.07, 6.45) is 1.68. The molecular weight excluding hydrogens is 203 g/mol. The standard InChI is InChI=1S/C11H15BN2O2/c1-7(2)8-4-5-10-9(6-13-14(10)3)11(8)12(15)16/h4-7,15-16H,1-3H3. The van der Waals surface area contributed by atoms with Crippen molar-refractivity contribution in [2.24, 2.45) is 7.05 Å². The molecule has 0 amide bonds. The van der Waals surface area contributed by atoms with Crippen molar-refractivity contribution in [3.8, 4) is 0 Å². The van der Waals surface area contributed by atoms with E-state index in [-0.39, 0.29) is 5.92 Å². The molecule has 4 nitrogen and oxygen atoms in total. The lowest BCUT2D eigenvalue weighted by atomic mass is 9.72. The van der Waals surface area contributed by atoms with Gasteiger partial charge in [-0.1, -0.05) is 19.9 Å². The van der Waals surface area contributed by atoms with Crippen LogP contribution in [-0.2, 0) is 7.05 Å². The van der Waals surface area contributed by atoms with Crippen LogP contribution in [0.4, 0.5) is 0 Å². The van der Waals surface area contributed by atoms with Gasteiger partial charge in [-0.3, -0.25) is 4.68 Å². The molecule has 0 bridgehead atoms. The van der Waals surface area contributed by atoms with Crippen LogP contribution in [0.25, 0.3) is 10.9 Å². The quantitative estimate of drug-likeness (QED) is 0.716. The van der Waals surface area contributed by atoms with Crippen LogP contribution >= 0.6 is 0 Å². The highest BCUT2D eigenvalue weighted by molar-refractivity contribution is 6.62. The molecule has 1 aromatic heterocycles. The van der Waals surface area contributed by atoms with Gasteiger partial charge in [-0.2, -0.15) is 5.10 Å². The first-order valence-electron chi connectivity index (χ1n) is 5.33. The fourth-order valence-electron chi connectivity index (χ4n) is 2.06. The fraction of sp³-hybridized carbons (Fsp3) is 0.364. The van der Waals surface area contributed by atoms with Crippen LogP contribution < -0.4 is 5.46 Å². The van der Waals surface area contributed by atoms with Gasteiger partial charge < -0.3 is 10.0 Å². The molecule has 16 heavy (non-hydrogen) atoms. The molecule has 2 N–H and O–H groups in total. The van der Waals surface area contributed by atoms with Crippen LogP contribution in [0.5, 0.6) is 0 Å². The van der Waals surface area contributed by atoms with Gasteiger partial charge in [0.2, 0.25) is 0 Å². The van der Waals surface area contributed by atoms with E-state index in [1.165, 1.54) is 0 Å². The van der Waals surface area contributed by atoms with Gasteiger partial charge in [0, 0.05) is 12.4 Å². The van der Waals surface area contributed by atoms with Gasteiger partial charge >= 0.3 is 7.12 Å². The molecule has 0 spiro atoms. The zero-order chi connectivity index (χ0) is 11.9. The Morgan fingerprint density at radius 1 is 1.31 bits per heavy atom. The lowest BCUT2D eigenvalue weighted by Crippen LogP contribution is -2.34. The highest BCUT2D eigenvalue weighted by Gasteiger charge is 2.22. The Hall–Kier alpha value is -1.33. The number of rotatable bonds is 2. The summed E-state index contributed by atoms with van der Waals surface area (Å²) in [5.74, 6) is 0.251. The van der Waals surface area contributed by atoms with E-state index in [4.69, 9.17) is 0 Å². The maximum Gasteiger partial charge on any atom is 0.489 e. The molecule has 0 aliphatic rings. The Bertz CT molecular complexity index is 520. The summed E-state index contributed by atoms with van der Waals surface area (Å²) in [6.45, 7) is 4.06. The van der Waals surface area contributed by atoms with Crippen molar-refractivity contribution in [1.29, 1.82) is 0 Å². The Labute approximate surface area is 94.7 Å². The lowest BCUT2D eigenvalue weighted by molar-refractivity contribution is 0.425. The zero-order valence-corrected chi connectivity index (χ0v) is 9.68. The minimum atomic E-state index is -1.45. The molecule has 0 aliphatic heterocycles. The molecule has 0 fully saturated rings. The average Bonchev–Trinajstić information content (AvgIpc) is 2.58. The third-order valence-electron chi connectivity index (χ3n) is 2.89. The normalized spacial score (nSPS) is 11.4. The molecule has 1 heterocycles. The number of hydrogen-bond donors (Lipinski definition) is 2. The number of hydrogen-bond acceptors (Lipinski definition) is 3. The van der Waals surface area contributed by atoms with E-state index < -0.39 is 7.12 Å². The molecule has 1 aromatic carbocycles. The third-order valence-corrected chi connectivity index (χ3v) is 2.89. The molecule has 5 heteroatoms. The number of aromatic nitrogens is 2. The van der Waals surface area contributed by atoms with Crippen molar-refractivity contribution in [2.75, 3.05) is 0 Å². The van der Waals surface area contributed by atoms with Crippen LogP contribution in [0.15, 0.2) is 18.3 Å². The SMILES string of the molecule is CC(C)c1ccc2c(cnn2C)c1B(O)O. The summed E-state index contributed by atoms with van der Waals surface area (Å²) in [4.78, 5) is 0. The predicted molar refractivity (Wildman–Crippen MR) is 64.6 cm³/mol. The van der Waals surface area contributed by atoms with Crippen molar-refractivity contribution in [1.82, 2.24) is 9.78 Å². The first kappa shape index (κ1) is 11.2. The van der Waals surface area contributed by atoms with Crippen LogP contribution in [0.3, 0.4) is 0 Å². The van der Waals surface area contributed by atoms with Crippen molar-refractivity contribution in [2.45, 2.75) is 19.8 Å². The highest BCUT2D eigenvalue weighted by Crippen LogP contribution is 2.19. The summed E-state index contributed by atoms with van der Waals surface area (Å²) in [7, 11) is 0.385. The number of nitrogens with zero attached hydrogens (tertiary/aromatic N) is 2. The Balaban J connectivity index is 2.79. The first-order valence-corrected chi connectivity index (χ1v) is 5.33. The van der Waals surface area contributed by atoms with Crippen LogP contribution in [0.1, 0.15) is 25.3 Å². The highest BCUT2D eigenvalue weighted by atomic mass is 16.4. The van der Waals surface area contributed by atoms with E-state index in [9.17, 15) is 10.0 Å². The number of benzene rings is 1. The summed E-state index contributed by atoms with van der Waals surface area (Å²) >= 11 is 0. The molecule has 84 valence electrons. The van der Waals surface area contributed by atoms with Crippen molar-refractivity contribution >= 4 is 23.5 Å². The van der Waals surface area contributed by atoms with Gasteiger partial charge in [-0.15, -0.1) is 0 Å². The van der Waals surface area contributed by atoms with Crippen LogP contribution in [0.2, 0.25) is 0 Å². The number of fused-ring (bicyclic) bond motifs is 1. The second-order valence-corrected chi connectivity index (χ2v) is 4.30. The molecule has 0 saturated heterocycles. The van der Waals surface area contributed by atoms with Gasteiger partial charge in [-0.05, 0) is 23.0 Å². The third kappa shape index (κ3) is 1.62. The minimum Gasteiger partial charge on any atom is -0.423 e. The van der Waals surface area contributed by atoms with Crippen molar-refractivity contribution < 1.29 is 10.0 Å².